The van der Waals surface area contributed by atoms with Crippen molar-refractivity contribution < 1.29 is 23.1 Å². The minimum absolute atomic E-state index is 0.00155. The largest absolute Gasteiger partial charge is 0.480 e. The lowest BCUT2D eigenvalue weighted by Gasteiger charge is -2.11. The number of nitrogens with zero attached hydrogens (tertiary/aromatic N) is 3. The maximum Gasteiger partial charge on any atom is 0.431 e. The van der Waals surface area contributed by atoms with Crippen LogP contribution < -0.4 is 11.2 Å². The third kappa shape index (κ3) is 3.21. The van der Waals surface area contributed by atoms with Crippen molar-refractivity contribution in [3.8, 4) is 5.69 Å². The van der Waals surface area contributed by atoms with Crippen LogP contribution in [0.5, 0.6) is 0 Å². The molecule has 142 valence electrons. The third-order valence-electron chi connectivity index (χ3n) is 3.87. The smallest absolute Gasteiger partial charge is 0.431 e. The summed E-state index contributed by atoms with van der Waals surface area (Å²) in [5.74, 6) is -1.20. The highest BCUT2D eigenvalue weighted by molar-refractivity contribution is 6.34. The van der Waals surface area contributed by atoms with E-state index in [4.69, 9.17) is 16.7 Å². The van der Waals surface area contributed by atoms with E-state index in [-0.39, 0.29) is 22.4 Å². The van der Waals surface area contributed by atoms with Crippen molar-refractivity contribution in [2.75, 3.05) is 0 Å². The second kappa shape index (κ2) is 6.27. The predicted molar refractivity (Wildman–Crippen MR) is 88.3 cm³/mol. The minimum atomic E-state index is -4.88. The van der Waals surface area contributed by atoms with Crippen molar-refractivity contribution in [2.45, 2.75) is 19.1 Å². The van der Waals surface area contributed by atoms with Gasteiger partial charge in [-0.1, -0.05) is 11.6 Å². The first kappa shape index (κ1) is 18.7. The van der Waals surface area contributed by atoms with E-state index in [0.717, 1.165) is 4.68 Å². The van der Waals surface area contributed by atoms with E-state index in [1.807, 2.05) is 0 Å². The zero-order valence-electron chi connectivity index (χ0n) is 13.4. The number of nitrogens with one attached hydrogen (secondary N) is 1. The van der Waals surface area contributed by atoms with Crippen molar-refractivity contribution >= 4 is 28.5 Å². The number of carboxylic acids is 1. The van der Waals surface area contributed by atoms with Gasteiger partial charge in [0.2, 0.25) is 0 Å². The van der Waals surface area contributed by atoms with Crippen LogP contribution in [0, 0.1) is 0 Å². The predicted octanol–water partition coefficient (Wildman–Crippen LogP) is 2.19. The monoisotopic (exact) mass is 402 g/mol. The SMILES string of the molecule is CC(C(=O)O)n1nc(Cl)c2ccc(-n3c(=O)cc(C(F)(F)F)[nH]c3=O)cc21. The fraction of sp³-hybridized carbons (Fsp3) is 0.200. The van der Waals surface area contributed by atoms with E-state index in [1.165, 1.54) is 25.1 Å². The van der Waals surface area contributed by atoms with Gasteiger partial charge in [0, 0.05) is 11.5 Å². The molecule has 0 aliphatic carbocycles. The molecule has 2 aromatic heterocycles. The van der Waals surface area contributed by atoms with Gasteiger partial charge in [-0.05, 0) is 25.1 Å². The van der Waals surface area contributed by atoms with Crippen LogP contribution in [0.15, 0.2) is 33.9 Å². The molecule has 1 atom stereocenters. The Balaban J connectivity index is 2.25. The summed E-state index contributed by atoms with van der Waals surface area (Å²) < 4.78 is 39.7. The minimum Gasteiger partial charge on any atom is -0.480 e. The van der Waals surface area contributed by atoms with Crippen molar-refractivity contribution in [2.24, 2.45) is 0 Å². The summed E-state index contributed by atoms with van der Waals surface area (Å²) in [6.45, 7) is 1.34. The number of aromatic nitrogens is 4. The maximum atomic E-state index is 12.7. The zero-order chi connectivity index (χ0) is 20.1. The number of halogens is 4. The van der Waals surface area contributed by atoms with Gasteiger partial charge in [-0.25, -0.2) is 18.8 Å². The highest BCUT2D eigenvalue weighted by Gasteiger charge is 2.33. The van der Waals surface area contributed by atoms with Crippen LogP contribution in [-0.2, 0) is 11.0 Å². The first-order chi connectivity index (χ1) is 12.5. The highest BCUT2D eigenvalue weighted by atomic mass is 35.5. The van der Waals surface area contributed by atoms with E-state index in [2.05, 4.69) is 5.10 Å². The lowest BCUT2D eigenvalue weighted by Crippen LogP contribution is -2.35. The number of hydrogen-bond donors (Lipinski definition) is 2. The van der Waals surface area contributed by atoms with Gasteiger partial charge in [0.05, 0.1) is 11.2 Å². The van der Waals surface area contributed by atoms with E-state index in [9.17, 15) is 27.6 Å². The van der Waals surface area contributed by atoms with E-state index in [0.29, 0.717) is 9.95 Å². The van der Waals surface area contributed by atoms with Crippen LogP contribution in [-0.4, -0.2) is 30.4 Å². The topological polar surface area (TPSA) is 110 Å². The molecule has 0 aliphatic heterocycles. The molecule has 1 unspecified atom stereocenters. The quantitative estimate of drug-likeness (QED) is 0.698. The van der Waals surface area contributed by atoms with Gasteiger partial charge in [-0.2, -0.15) is 18.3 Å². The molecule has 0 saturated heterocycles. The number of fused-ring (bicyclic) bond motifs is 1. The Morgan fingerprint density at radius 2 is 1.96 bits per heavy atom. The lowest BCUT2D eigenvalue weighted by molar-refractivity contribution is -0.142. The average molecular weight is 403 g/mol. The fourth-order valence-corrected chi connectivity index (χ4v) is 2.76. The number of benzene rings is 1. The Morgan fingerprint density at radius 1 is 1.30 bits per heavy atom. The van der Waals surface area contributed by atoms with Crippen LogP contribution in [0.4, 0.5) is 13.2 Å². The van der Waals surface area contributed by atoms with Gasteiger partial charge in [-0.3, -0.25) is 4.79 Å². The summed E-state index contributed by atoms with van der Waals surface area (Å²) >= 11 is 5.97. The van der Waals surface area contributed by atoms with E-state index >= 15 is 0 Å². The molecule has 0 amide bonds. The van der Waals surface area contributed by atoms with Gasteiger partial charge in [0.25, 0.3) is 5.56 Å². The van der Waals surface area contributed by atoms with Crippen molar-refractivity contribution in [3.05, 3.63) is 56.0 Å². The molecule has 0 fully saturated rings. The van der Waals surface area contributed by atoms with Crippen LogP contribution in [0.2, 0.25) is 5.15 Å². The molecule has 1 aromatic carbocycles. The number of rotatable bonds is 3. The van der Waals surface area contributed by atoms with Crippen LogP contribution >= 0.6 is 11.6 Å². The summed E-state index contributed by atoms with van der Waals surface area (Å²) in [6, 6.07) is 3.06. The van der Waals surface area contributed by atoms with Crippen LogP contribution in [0.25, 0.3) is 16.6 Å². The molecular weight excluding hydrogens is 393 g/mol. The van der Waals surface area contributed by atoms with Crippen molar-refractivity contribution in [3.63, 3.8) is 0 Å². The number of aromatic amines is 1. The fourth-order valence-electron chi connectivity index (χ4n) is 2.52. The van der Waals surface area contributed by atoms with Gasteiger partial charge >= 0.3 is 17.8 Å². The molecule has 8 nitrogen and oxygen atoms in total. The highest BCUT2D eigenvalue weighted by Crippen LogP contribution is 2.28. The molecule has 12 heteroatoms. The standard InChI is InChI=1S/C15H10ClF3N4O4/c1-6(13(25)26)23-9-4-7(2-3-8(9)12(16)21-23)22-11(24)5-10(15(17,18)19)20-14(22)27/h2-6H,1H3,(H,20,27)(H,25,26). The summed E-state index contributed by atoms with van der Waals surface area (Å²) in [7, 11) is 0. The molecule has 0 spiro atoms. The molecule has 0 bridgehead atoms. The summed E-state index contributed by atoms with van der Waals surface area (Å²) in [6.07, 6.45) is -4.88. The normalized spacial score (nSPS) is 13.1. The molecule has 2 N–H and O–H groups in total. The first-order valence-electron chi connectivity index (χ1n) is 7.35. The summed E-state index contributed by atoms with van der Waals surface area (Å²) in [5, 5.41) is 13.4. The summed E-state index contributed by atoms with van der Waals surface area (Å²) in [5.41, 5.74) is -3.84. The van der Waals surface area contributed by atoms with Gasteiger partial charge < -0.3 is 10.1 Å². The second-order valence-electron chi connectivity index (χ2n) is 5.61. The number of alkyl halides is 3. The molecule has 0 radical (unpaired) electrons. The Hall–Kier alpha value is -3.08. The second-order valence-corrected chi connectivity index (χ2v) is 5.97. The lowest BCUT2D eigenvalue weighted by atomic mass is 10.2. The molecule has 3 aromatic rings. The van der Waals surface area contributed by atoms with Gasteiger partial charge in [-0.15, -0.1) is 0 Å². The Kier molecular flexibility index (Phi) is 4.34. The Bertz CT molecular complexity index is 1150. The van der Waals surface area contributed by atoms with Crippen molar-refractivity contribution in [1.82, 2.24) is 19.3 Å². The maximum absolute atomic E-state index is 12.7. The van der Waals surface area contributed by atoms with Crippen LogP contribution in [0.1, 0.15) is 18.7 Å². The van der Waals surface area contributed by atoms with Crippen molar-refractivity contribution in [1.29, 1.82) is 0 Å². The zero-order valence-corrected chi connectivity index (χ0v) is 14.2. The van der Waals surface area contributed by atoms with Gasteiger partial charge in [0.1, 0.15) is 11.7 Å². The molecule has 0 saturated carbocycles. The third-order valence-corrected chi connectivity index (χ3v) is 4.15. The molecule has 27 heavy (non-hydrogen) atoms. The molecule has 3 rings (SSSR count). The molecule has 2 heterocycles. The average Bonchev–Trinajstić information content (AvgIpc) is 2.89. The number of H-pyrrole nitrogens is 1. The van der Waals surface area contributed by atoms with E-state index in [1.54, 1.807) is 4.98 Å². The number of carbonyl (C=O) groups is 1. The number of hydrogen-bond acceptors (Lipinski definition) is 4. The molecule has 0 aliphatic rings. The van der Waals surface area contributed by atoms with Crippen LogP contribution in [0.3, 0.4) is 0 Å². The summed E-state index contributed by atoms with van der Waals surface area (Å²) in [4.78, 5) is 36.9. The first-order valence-corrected chi connectivity index (χ1v) is 7.73. The Morgan fingerprint density at radius 3 is 2.52 bits per heavy atom. The Labute approximate surface area is 152 Å². The van der Waals surface area contributed by atoms with E-state index < -0.39 is 35.1 Å². The van der Waals surface area contributed by atoms with Gasteiger partial charge in [0.15, 0.2) is 5.15 Å². The number of aliphatic carboxylic acids is 1. The molecular formula is C15H10ClF3N4O4. The number of carboxylic acid groups (broad SMARTS) is 1.